The highest BCUT2D eigenvalue weighted by atomic mass is 79.9. The molecule has 24 heavy (non-hydrogen) atoms. The Kier molecular flexibility index (Phi) is 6.72. The first-order valence-corrected chi connectivity index (χ1v) is 9.51. The Morgan fingerprint density at radius 2 is 2.00 bits per heavy atom. The van der Waals surface area contributed by atoms with Gasteiger partial charge in [-0.25, -0.2) is 0 Å². The third-order valence-electron chi connectivity index (χ3n) is 3.81. The molecule has 0 N–H and O–H groups in total. The van der Waals surface area contributed by atoms with Gasteiger partial charge in [-0.05, 0) is 35.2 Å². The minimum atomic E-state index is 0. The highest BCUT2D eigenvalue weighted by Crippen LogP contribution is 2.42. The highest BCUT2D eigenvalue weighted by molar-refractivity contribution is 9.10. The van der Waals surface area contributed by atoms with Crippen molar-refractivity contribution < 1.29 is 4.79 Å². The Bertz CT molecular complexity index is 708. The topological polar surface area (TPSA) is 33.2 Å². The molecule has 1 unspecified atom stereocenters. The lowest BCUT2D eigenvalue weighted by Gasteiger charge is -2.27. The minimum absolute atomic E-state index is 0. The molecule has 1 aromatic heterocycles. The number of halogens is 2. The van der Waals surface area contributed by atoms with E-state index in [9.17, 15) is 4.79 Å². The zero-order valence-corrected chi connectivity index (χ0v) is 16.8. The molecular weight excluding hydrogens is 408 g/mol. The van der Waals surface area contributed by atoms with Gasteiger partial charge in [-0.15, -0.1) is 24.2 Å². The van der Waals surface area contributed by atoms with E-state index in [-0.39, 0.29) is 23.7 Å². The van der Waals surface area contributed by atoms with Crippen LogP contribution in [0.3, 0.4) is 0 Å². The van der Waals surface area contributed by atoms with Crippen LogP contribution in [0.5, 0.6) is 0 Å². The van der Waals surface area contributed by atoms with E-state index in [4.69, 9.17) is 0 Å². The van der Waals surface area contributed by atoms with Gasteiger partial charge in [0.05, 0.1) is 5.75 Å². The lowest BCUT2D eigenvalue weighted by Crippen LogP contribution is -2.31. The summed E-state index contributed by atoms with van der Waals surface area (Å²) >= 11 is 5.18. The van der Waals surface area contributed by atoms with Crippen molar-refractivity contribution in [1.82, 2.24) is 9.88 Å². The Morgan fingerprint density at radius 1 is 1.29 bits per heavy atom. The molecule has 1 aromatic carbocycles. The summed E-state index contributed by atoms with van der Waals surface area (Å²) in [5, 5.41) is 0.0755. The molecule has 0 aliphatic carbocycles. The quantitative estimate of drug-likeness (QED) is 0.675. The molecule has 1 amide bonds. The second kappa shape index (κ2) is 8.37. The maximum atomic E-state index is 12.3. The average molecular weight is 428 g/mol. The van der Waals surface area contributed by atoms with Crippen molar-refractivity contribution in [3.63, 3.8) is 0 Å². The van der Waals surface area contributed by atoms with Crippen molar-refractivity contribution in [2.45, 2.75) is 19.2 Å². The Labute approximate surface area is 161 Å². The molecule has 1 fully saturated rings. The molecule has 1 aliphatic heterocycles. The third-order valence-corrected chi connectivity index (χ3v) is 5.57. The monoisotopic (exact) mass is 426 g/mol. The molecule has 0 spiro atoms. The number of hydrogen-bond donors (Lipinski definition) is 0. The van der Waals surface area contributed by atoms with E-state index in [2.05, 4.69) is 46.9 Å². The fourth-order valence-corrected chi connectivity index (χ4v) is 4.29. The van der Waals surface area contributed by atoms with Crippen LogP contribution in [0.1, 0.15) is 24.8 Å². The molecule has 128 valence electrons. The van der Waals surface area contributed by atoms with E-state index >= 15 is 0 Å². The Hall–Kier alpha value is -1.04. The van der Waals surface area contributed by atoms with Crippen LogP contribution in [-0.4, -0.2) is 28.1 Å². The van der Waals surface area contributed by atoms with Gasteiger partial charge in [-0.2, -0.15) is 0 Å². The van der Waals surface area contributed by atoms with Gasteiger partial charge in [0.25, 0.3) is 0 Å². The van der Waals surface area contributed by atoms with E-state index in [1.165, 1.54) is 5.56 Å². The van der Waals surface area contributed by atoms with Crippen LogP contribution in [0.25, 0.3) is 11.1 Å². The molecule has 2 aromatic rings. The van der Waals surface area contributed by atoms with E-state index in [1.54, 1.807) is 11.8 Å². The van der Waals surface area contributed by atoms with Crippen molar-refractivity contribution in [2.75, 3.05) is 12.3 Å². The van der Waals surface area contributed by atoms with Gasteiger partial charge in [-0.3, -0.25) is 9.78 Å². The van der Waals surface area contributed by atoms with Gasteiger partial charge in [0.1, 0.15) is 5.37 Å². The molecule has 0 bridgehead atoms. The summed E-state index contributed by atoms with van der Waals surface area (Å²) in [5.74, 6) is 1.24. The molecule has 6 heteroatoms. The summed E-state index contributed by atoms with van der Waals surface area (Å²) < 4.78 is 1.05. The minimum Gasteiger partial charge on any atom is -0.326 e. The van der Waals surface area contributed by atoms with Gasteiger partial charge in [-0.1, -0.05) is 41.9 Å². The van der Waals surface area contributed by atoms with Gasteiger partial charge in [0, 0.05) is 29.0 Å². The largest absolute Gasteiger partial charge is 0.326 e. The van der Waals surface area contributed by atoms with Crippen LogP contribution in [0, 0.1) is 5.92 Å². The first-order valence-electron chi connectivity index (χ1n) is 7.67. The van der Waals surface area contributed by atoms with Crippen LogP contribution >= 0.6 is 40.1 Å². The van der Waals surface area contributed by atoms with Crippen LogP contribution in [0.2, 0.25) is 0 Å². The van der Waals surface area contributed by atoms with E-state index < -0.39 is 0 Å². The molecular formula is C18H20BrClN2OS. The number of pyridine rings is 1. The summed E-state index contributed by atoms with van der Waals surface area (Å²) in [7, 11) is 0. The predicted octanol–water partition coefficient (Wildman–Crippen LogP) is 5.16. The van der Waals surface area contributed by atoms with Gasteiger partial charge < -0.3 is 4.90 Å². The fourth-order valence-electron chi connectivity index (χ4n) is 2.79. The smallest absolute Gasteiger partial charge is 0.233 e. The summed E-state index contributed by atoms with van der Waals surface area (Å²) in [6.45, 7) is 5.09. The summed E-state index contributed by atoms with van der Waals surface area (Å²) in [6, 6.07) is 10.3. The second-order valence-corrected chi connectivity index (χ2v) is 8.06. The zero-order valence-electron chi connectivity index (χ0n) is 13.6. The van der Waals surface area contributed by atoms with Crippen molar-refractivity contribution in [3.05, 3.63) is 52.8 Å². The summed E-state index contributed by atoms with van der Waals surface area (Å²) in [6.07, 6.45) is 3.71. The number of hydrogen-bond acceptors (Lipinski definition) is 3. The predicted molar refractivity (Wildman–Crippen MR) is 106 cm³/mol. The Balaban J connectivity index is 0.00000208. The summed E-state index contributed by atoms with van der Waals surface area (Å²) in [5.41, 5.74) is 3.39. The molecule has 0 radical (unpaired) electrons. The van der Waals surface area contributed by atoms with Crippen LogP contribution < -0.4 is 0 Å². The van der Waals surface area contributed by atoms with Gasteiger partial charge in [0.15, 0.2) is 0 Å². The van der Waals surface area contributed by atoms with Gasteiger partial charge >= 0.3 is 0 Å². The van der Waals surface area contributed by atoms with Crippen LogP contribution in [0.4, 0.5) is 0 Å². The number of benzene rings is 1. The average Bonchev–Trinajstić information content (AvgIpc) is 2.88. The first kappa shape index (κ1) is 19.3. The number of thioether (sulfide) groups is 1. The van der Waals surface area contributed by atoms with E-state index in [0.717, 1.165) is 22.1 Å². The normalized spacial score (nSPS) is 17.2. The Morgan fingerprint density at radius 3 is 2.67 bits per heavy atom. The standard InChI is InChI=1S/C18H19BrN2OS.ClH/c1-12(2)10-21-17(22)11-23-18(21)15-7-8-20-9-16(15)13-3-5-14(19)6-4-13;/h3-9,12,18H,10-11H2,1-2H3;1H. The molecule has 0 saturated carbocycles. The molecule has 1 atom stereocenters. The van der Waals surface area contributed by atoms with Crippen molar-refractivity contribution in [3.8, 4) is 11.1 Å². The third kappa shape index (κ3) is 4.13. The zero-order chi connectivity index (χ0) is 16.4. The van der Waals surface area contributed by atoms with Crippen molar-refractivity contribution in [2.24, 2.45) is 5.92 Å². The highest BCUT2D eigenvalue weighted by Gasteiger charge is 2.34. The fraction of sp³-hybridized carbons (Fsp3) is 0.333. The van der Waals surface area contributed by atoms with Crippen LogP contribution in [0.15, 0.2) is 47.2 Å². The summed E-state index contributed by atoms with van der Waals surface area (Å²) in [4.78, 5) is 18.6. The number of carbonyl (C=O) groups excluding carboxylic acids is 1. The second-order valence-electron chi connectivity index (χ2n) is 6.07. The number of nitrogens with zero attached hydrogens (tertiary/aromatic N) is 2. The lowest BCUT2D eigenvalue weighted by molar-refractivity contribution is -0.128. The number of aromatic nitrogens is 1. The molecule has 3 nitrogen and oxygen atoms in total. The molecule has 3 rings (SSSR count). The molecule has 1 aliphatic rings. The maximum Gasteiger partial charge on any atom is 0.233 e. The van der Waals surface area contributed by atoms with Crippen molar-refractivity contribution in [1.29, 1.82) is 0 Å². The van der Waals surface area contributed by atoms with E-state index in [1.807, 2.05) is 35.5 Å². The molecule has 1 saturated heterocycles. The first-order chi connectivity index (χ1) is 11.1. The van der Waals surface area contributed by atoms with Crippen LogP contribution in [-0.2, 0) is 4.79 Å². The number of amides is 1. The maximum absolute atomic E-state index is 12.3. The number of rotatable bonds is 4. The molecule has 2 heterocycles. The lowest BCUT2D eigenvalue weighted by atomic mass is 10.0. The number of carbonyl (C=O) groups is 1. The van der Waals surface area contributed by atoms with Gasteiger partial charge in [0.2, 0.25) is 5.91 Å². The van der Waals surface area contributed by atoms with Crippen molar-refractivity contribution >= 4 is 46.0 Å². The van der Waals surface area contributed by atoms with E-state index in [0.29, 0.717) is 11.7 Å². The SMILES string of the molecule is CC(C)CN1C(=O)CSC1c1ccncc1-c1ccc(Br)cc1.Cl.